The normalized spacial score (nSPS) is 24.0. The highest BCUT2D eigenvalue weighted by Crippen LogP contribution is 2.58. The molecule has 0 radical (unpaired) electrons. The van der Waals surface area contributed by atoms with Crippen LogP contribution in [0.4, 0.5) is 0 Å². The van der Waals surface area contributed by atoms with Crippen LogP contribution in [-0.4, -0.2) is 15.0 Å². The topological polar surface area (TPSA) is 47.9 Å². The molecule has 260 valence electrons. The lowest BCUT2D eigenvalue weighted by Gasteiger charge is -2.43. The first kappa shape index (κ1) is 32.1. The molecule has 4 unspecified atom stereocenters. The molecule has 1 aliphatic heterocycles. The summed E-state index contributed by atoms with van der Waals surface area (Å²) in [6.07, 6.45) is 23.5. The molecule has 53 heavy (non-hydrogen) atoms. The van der Waals surface area contributed by atoms with Gasteiger partial charge in [-0.1, -0.05) is 139 Å². The fourth-order valence-electron chi connectivity index (χ4n) is 9.88. The lowest BCUT2D eigenvalue weighted by atomic mass is 9.58. The van der Waals surface area contributed by atoms with Crippen LogP contribution >= 0.6 is 0 Å². The molecule has 5 aliphatic rings. The van der Waals surface area contributed by atoms with Gasteiger partial charge in [0.05, 0.1) is 5.41 Å². The maximum Gasteiger partial charge on any atom is 0.164 e. The number of ether oxygens (including phenoxy) is 1. The van der Waals surface area contributed by atoms with E-state index in [2.05, 4.69) is 147 Å². The second-order valence-electron chi connectivity index (χ2n) is 15.1. The molecule has 0 bridgehead atoms. The monoisotopic (exact) mass is 689 g/mol. The molecule has 4 atom stereocenters. The van der Waals surface area contributed by atoms with E-state index in [4.69, 9.17) is 19.7 Å². The fraction of sp³-hybridized carbons (Fsp3) is 0.245. The van der Waals surface area contributed by atoms with Crippen molar-refractivity contribution in [1.82, 2.24) is 15.0 Å². The Morgan fingerprint density at radius 2 is 1.45 bits per heavy atom. The van der Waals surface area contributed by atoms with E-state index in [0.29, 0.717) is 17.7 Å². The molecule has 10 rings (SSSR count). The predicted octanol–water partition coefficient (Wildman–Crippen LogP) is 11.6. The minimum absolute atomic E-state index is 0.0939. The number of hydrogen-bond donors (Lipinski definition) is 0. The number of nitrogens with zero attached hydrogens (tertiary/aromatic N) is 3. The largest absolute Gasteiger partial charge is 0.486 e. The summed E-state index contributed by atoms with van der Waals surface area (Å²) in [5.41, 5.74) is 12.0. The van der Waals surface area contributed by atoms with Gasteiger partial charge < -0.3 is 4.74 Å². The predicted molar refractivity (Wildman–Crippen MR) is 213 cm³/mol. The van der Waals surface area contributed by atoms with Gasteiger partial charge in [-0.15, -0.1) is 0 Å². The van der Waals surface area contributed by atoms with Crippen LogP contribution in [0.2, 0.25) is 0 Å². The van der Waals surface area contributed by atoms with Crippen molar-refractivity contribution in [2.24, 2.45) is 5.92 Å². The molecule has 2 heterocycles. The minimum atomic E-state index is -0.527. The zero-order valence-electron chi connectivity index (χ0n) is 30.2. The summed E-state index contributed by atoms with van der Waals surface area (Å²) in [5, 5.41) is 0. The van der Waals surface area contributed by atoms with Gasteiger partial charge in [-0.25, -0.2) is 15.0 Å². The molecular formula is C49H43N3O. The molecular weight excluding hydrogens is 647 g/mol. The number of allylic oxidation sites excluding steroid dienone is 10. The van der Waals surface area contributed by atoms with Crippen LogP contribution < -0.4 is 4.74 Å². The first-order chi connectivity index (χ1) is 26.2. The van der Waals surface area contributed by atoms with Crippen molar-refractivity contribution < 1.29 is 4.74 Å². The molecule has 0 amide bonds. The third-order valence-corrected chi connectivity index (χ3v) is 12.2. The number of aromatic nitrogens is 3. The average molecular weight is 690 g/mol. The lowest BCUT2D eigenvalue weighted by Crippen LogP contribution is -2.35. The molecule has 0 saturated heterocycles. The Bertz CT molecular complexity index is 2400. The smallest absolute Gasteiger partial charge is 0.164 e. The van der Waals surface area contributed by atoms with E-state index in [1.54, 1.807) is 0 Å². The molecule has 4 aromatic carbocycles. The Morgan fingerprint density at radius 3 is 2.34 bits per heavy atom. The van der Waals surface area contributed by atoms with Gasteiger partial charge in [-0.05, 0) is 91.7 Å². The maximum atomic E-state index is 6.88. The SMILES string of the molecule is CC1Oc2ccccc2C(C2=CCCCC2)(C2=C(c3nc(-c4ccccc4)nc(-c4cccc5c4CC4C=CC=CC54)n3)C=CCC2)c2ccccc21. The second kappa shape index (κ2) is 13.1. The number of hydrogen-bond acceptors (Lipinski definition) is 4. The average Bonchev–Trinajstić information content (AvgIpc) is 3.57. The molecule has 4 aliphatic carbocycles. The van der Waals surface area contributed by atoms with Crippen LogP contribution in [0.5, 0.6) is 5.75 Å². The Balaban J connectivity index is 1.27. The number of fused-ring (bicyclic) bond motifs is 5. The van der Waals surface area contributed by atoms with Crippen molar-refractivity contribution in [1.29, 1.82) is 0 Å². The van der Waals surface area contributed by atoms with Crippen molar-refractivity contribution in [2.45, 2.75) is 69.3 Å². The zero-order valence-corrected chi connectivity index (χ0v) is 30.2. The van der Waals surface area contributed by atoms with Gasteiger partial charge in [0.15, 0.2) is 17.5 Å². The van der Waals surface area contributed by atoms with E-state index in [1.165, 1.54) is 51.8 Å². The van der Waals surface area contributed by atoms with Crippen LogP contribution in [0, 0.1) is 5.92 Å². The molecule has 4 heteroatoms. The highest BCUT2D eigenvalue weighted by Gasteiger charge is 2.48. The van der Waals surface area contributed by atoms with Crippen molar-refractivity contribution in [3.63, 3.8) is 0 Å². The summed E-state index contributed by atoms with van der Waals surface area (Å²) in [6.45, 7) is 2.20. The van der Waals surface area contributed by atoms with Gasteiger partial charge in [0.2, 0.25) is 0 Å². The Kier molecular flexibility index (Phi) is 7.93. The molecule has 0 N–H and O–H groups in total. The van der Waals surface area contributed by atoms with Crippen molar-refractivity contribution in [3.05, 3.63) is 184 Å². The maximum absolute atomic E-state index is 6.88. The Morgan fingerprint density at radius 1 is 0.679 bits per heavy atom. The number of para-hydroxylation sites is 1. The lowest BCUT2D eigenvalue weighted by molar-refractivity contribution is 0.227. The third-order valence-electron chi connectivity index (χ3n) is 12.2. The Labute approximate surface area is 312 Å². The molecule has 4 nitrogen and oxygen atoms in total. The van der Waals surface area contributed by atoms with E-state index >= 15 is 0 Å². The summed E-state index contributed by atoms with van der Waals surface area (Å²) in [7, 11) is 0. The molecule has 0 spiro atoms. The summed E-state index contributed by atoms with van der Waals surface area (Å²) in [4.78, 5) is 16.2. The molecule has 5 aromatic rings. The van der Waals surface area contributed by atoms with Crippen molar-refractivity contribution >= 4 is 5.57 Å². The molecule has 0 saturated carbocycles. The third kappa shape index (κ3) is 5.22. The van der Waals surface area contributed by atoms with Gasteiger partial charge in [0.25, 0.3) is 0 Å². The van der Waals surface area contributed by atoms with Crippen LogP contribution in [0.1, 0.15) is 91.1 Å². The molecule has 1 aromatic heterocycles. The number of rotatable bonds is 5. The number of benzene rings is 4. The van der Waals surface area contributed by atoms with Crippen LogP contribution in [0.15, 0.2) is 151 Å². The van der Waals surface area contributed by atoms with Crippen LogP contribution in [-0.2, 0) is 11.8 Å². The highest BCUT2D eigenvalue weighted by molar-refractivity contribution is 5.82. The van der Waals surface area contributed by atoms with Crippen molar-refractivity contribution in [3.8, 4) is 28.5 Å². The summed E-state index contributed by atoms with van der Waals surface area (Å²) in [5.74, 6) is 3.99. The van der Waals surface area contributed by atoms with Gasteiger partial charge in [-0.2, -0.15) is 0 Å². The van der Waals surface area contributed by atoms with Gasteiger partial charge >= 0.3 is 0 Å². The molecule has 0 fully saturated rings. The first-order valence-corrected chi connectivity index (χ1v) is 19.4. The summed E-state index contributed by atoms with van der Waals surface area (Å²) < 4.78 is 6.88. The minimum Gasteiger partial charge on any atom is -0.486 e. The van der Waals surface area contributed by atoms with E-state index in [1.807, 2.05) is 0 Å². The van der Waals surface area contributed by atoms with Crippen molar-refractivity contribution in [2.75, 3.05) is 0 Å². The van der Waals surface area contributed by atoms with Gasteiger partial charge in [0, 0.05) is 28.2 Å². The van der Waals surface area contributed by atoms with E-state index < -0.39 is 5.41 Å². The van der Waals surface area contributed by atoms with E-state index in [0.717, 1.165) is 66.2 Å². The fourth-order valence-corrected chi connectivity index (χ4v) is 9.88. The van der Waals surface area contributed by atoms with Gasteiger partial charge in [-0.3, -0.25) is 0 Å². The van der Waals surface area contributed by atoms with Gasteiger partial charge in [0.1, 0.15) is 11.9 Å². The highest BCUT2D eigenvalue weighted by atomic mass is 16.5. The quantitative estimate of drug-likeness (QED) is 0.172. The summed E-state index contributed by atoms with van der Waals surface area (Å²) >= 11 is 0. The zero-order chi connectivity index (χ0) is 35.4. The summed E-state index contributed by atoms with van der Waals surface area (Å²) in [6, 6.07) is 34.9. The van der Waals surface area contributed by atoms with E-state index in [9.17, 15) is 0 Å². The van der Waals surface area contributed by atoms with Crippen LogP contribution in [0.25, 0.3) is 28.3 Å². The van der Waals surface area contributed by atoms with E-state index in [-0.39, 0.29) is 6.10 Å². The second-order valence-corrected chi connectivity index (χ2v) is 15.1. The van der Waals surface area contributed by atoms with Crippen LogP contribution in [0.3, 0.4) is 0 Å². The standard InChI is InChI=1S/C49H43N3O/c1-32-36-22-10-12-27-42(36)49(35-20-6-3-7-21-35,44-29-14-15-30-45(44)53-32)43-28-13-11-24-40(43)48-51-46(33-17-4-2-5-18-33)50-47(52-48)39-26-16-25-38-37-23-9-8-19-34(37)31-41(38)39/h2,4-5,8-12,14-20,22-27,29-30,32,34,37H,3,6-7,13,21,28,31H2,1H3. The Hall–Kier alpha value is -5.61. The first-order valence-electron chi connectivity index (χ1n) is 19.4.